The third-order valence-corrected chi connectivity index (χ3v) is 6.13. The van der Waals surface area contributed by atoms with Crippen molar-refractivity contribution in [3.05, 3.63) is 47.0 Å². The molecule has 2 aromatic rings. The number of carbonyl (C=O) groups excluding carboxylic acids is 1. The Morgan fingerprint density at radius 3 is 2.16 bits per heavy atom. The first-order valence-electron chi connectivity index (χ1n) is 10.4. The molecule has 32 heavy (non-hydrogen) atoms. The summed E-state index contributed by atoms with van der Waals surface area (Å²) in [6.07, 6.45) is 2.66. The lowest BCUT2D eigenvalue weighted by Crippen LogP contribution is -2.42. The first-order valence-corrected chi connectivity index (χ1v) is 10.4. The van der Waals surface area contributed by atoms with Crippen LogP contribution in [0.15, 0.2) is 30.3 Å². The van der Waals surface area contributed by atoms with Gasteiger partial charge in [0.05, 0.1) is 28.4 Å². The highest BCUT2D eigenvalue weighted by Crippen LogP contribution is 2.42. The molecule has 0 spiro atoms. The Hall–Kier alpha value is -2.20. The molecule has 176 valence electrons. The molecule has 0 saturated carbocycles. The minimum Gasteiger partial charge on any atom is -0.493 e. The monoisotopic (exact) mass is 556 g/mol. The van der Waals surface area contributed by atoms with Gasteiger partial charge in [-0.2, -0.15) is 0 Å². The van der Waals surface area contributed by atoms with Crippen LogP contribution in [0.3, 0.4) is 0 Å². The summed E-state index contributed by atoms with van der Waals surface area (Å²) in [5.74, 6) is 2.56. The fourth-order valence-corrected chi connectivity index (χ4v) is 4.39. The standard InChI is InChI=1S/C24H32N2O5.HI/c1-26-17(7-9-24(25)27)12-16-13-22(30-4)23(31-5)14-18(16)19(26)10-15-6-8-20(28-2)21(11-15)29-3;/h6,8,11,13-14,17,19H,7,9-10,12H2,1-5H3,(H2,25,27);1H/t17?,19-;/m1./s1. The number of hydrogen-bond acceptors (Lipinski definition) is 6. The zero-order valence-electron chi connectivity index (χ0n) is 19.3. The fourth-order valence-electron chi connectivity index (χ4n) is 4.39. The largest absolute Gasteiger partial charge is 0.493 e. The van der Waals surface area contributed by atoms with Crippen molar-refractivity contribution < 1.29 is 23.7 Å². The Kier molecular flexibility index (Phi) is 9.45. The van der Waals surface area contributed by atoms with Crippen molar-refractivity contribution in [3.8, 4) is 23.0 Å². The lowest BCUT2D eigenvalue weighted by molar-refractivity contribution is -0.118. The maximum absolute atomic E-state index is 11.4. The van der Waals surface area contributed by atoms with E-state index in [1.54, 1.807) is 28.4 Å². The number of hydrogen-bond donors (Lipinski definition) is 1. The van der Waals surface area contributed by atoms with E-state index in [1.165, 1.54) is 11.1 Å². The van der Waals surface area contributed by atoms with Crippen LogP contribution in [0.1, 0.15) is 35.6 Å². The molecule has 0 saturated heterocycles. The van der Waals surface area contributed by atoms with E-state index in [4.69, 9.17) is 24.7 Å². The average molecular weight is 556 g/mol. The lowest BCUT2D eigenvalue weighted by Gasteiger charge is -2.41. The minimum atomic E-state index is -0.275. The molecule has 2 N–H and O–H groups in total. The maximum atomic E-state index is 11.4. The zero-order valence-corrected chi connectivity index (χ0v) is 21.7. The zero-order chi connectivity index (χ0) is 22.5. The first kappa shape index (κ1) is 26.1. The molecule has 1 amide bonds. The topological polar surface area (TPSA) is 83.2 Å². The number of methoxy groups -OCH3 is 4. The van der Waals surface area contributed by atoms with E-state index < -0.39 is 0 Å². The van der Waals surface area contributed by atoms with Gasteiger partial charge in [-0.25, -0.2) is 0 Å². The fraction of sp³-hybridized carbons (Fsp3) is 0.458. The van der Waals surface area contributed by atoms with Gasteiger partial charge >= 0.3 is 0 Å². The van der Waals surface area contributed by atoms with E-state index in [2.05, 4.69) is 30.1 Å². The van der Waals surface area contributed by atoms with Crippen LogP contribution in [0.2, 0.25) is 0 Å². The molecule has 2 atom stereocenters. The summed E-state index contributed by atoms with van der Waals surface area (Å²) < 4.78 is 22.0. The van der Waals surface area contributed by atoms with Crippen molar-refractivity contribution >= 4 is 29.9 Å². The number of nitrogens with two attached hydrogens (primary N) is 1. The lowest BCUT2D eigenvalue weighted by atomic mass is 9.84. The van der Waals surface area contributed by atoms with E-state index in [9.17, 15) is 4.79 Å². The van der Waals surface area contributed by atoms with Gasteiger partial charge in [-0.1, -0.05) is 6.07 Å². The second-order valence-electron chi connectivity index (χ2n) is 7.84. The molecule has 8 heteroatoms. The number of amides is 1. The van der Waals surface area contributed by atoms with Crippen molar-refractivity contribution in [2.24, 2.45) is 5.73 Å². The van der Waals surface area contributed by atoms with Gasteiger partial charge in [-0.3, -0.25) is 9.69 Å². The minimum absolute atomic E-state index is 0. The quantitative estimate of drug-likeness (QED) is 0.474. The van der Waals surface area contributed by atoms with Crippen molar-refractivity contribution in [3.63, 3.8) is 0 Å². The molecule has 0 fully saturated rings. The number of ether oxygens (including phenoxy) is 4. The Morgan fingerprint density at radius 1 is 0.969 bits per heavy atom. The van der Waals surface area contributed by atoms with E-state index >= 15 is 0 Å². The summed E-state index contributed by atoms with van der Waals surface area (Å²) in [6.45, 7) is 0. The number of nitrogens with zero attached hydrogens (tertiary/aromatic N) is 1. The molecular weight excluding hydrogens is 523 g/mol. The summed E-state index contributed by atoms with van der Waals surface area (Å²) in [5.41, 5.74) is 8.97. The number of halogens is 1. The highest BCUT2D eigenvalue weighted by atomic mass is 127. The number of benzene rings is 2. The molecule has 3 rings (SSSR count). The third kappa shape index (κ3) is 5.58. The Bertz CT molecular complexity index is 937. The van der Waals surface area contributed by atoms with Crippen LogP contribution in [0, 0.1) is 0 Å². The van der Waals surface area contributed by atoms with Crippen LogP contribution >= 0.6 is 24.0 Å². The summed E-state index contributed by atoms with van der Waals surface area (Å²) in [4.78, 5) is 13.8. The molecule has 2 aromatic carbocycles. The van der Waals surface area contributed by atoms with Crippen molar-refractivity contribution in [2.75, 3.05) is 35.5 Å². The second-order valence-corrected chi connectivity index (χ2v) is 7.84. The van der Waals surface area contributed by atoms with Crippen LogP contribution in [0.4, 0.5) is 0 Å². The highest BCUT2D eigenvalue weighted by Gasteiger charge is 2.33. The second kappa shape index (κ2) is 11.6. The van der Waals surface area contributed by atoms with Gasteiger partial charge in [-0.05, 0) is 67.3 Å². The van der Waals surface area contributed by atoms with E-state index in [1.807, 2.05) is 12.1 Å². The summed E-state index contributed by atoms with van der Waals surface area (Å²) in [6, 6.07) is 10.4. The number of carbonyl (C=O) groups is 1. The molecule has 1 unspecified atom stereocenters. The van der Waals surface area contributed by atoms with Crippen LogP contribution in [0.5, 0.6) is 23.0 Å². The Labute approximate surface area is 207 Å². The average Bonchev–Trinajstić information content (AvgIpc) is 2.78. The first-order chi connectivity index (χ1) is 14.9. The van der Waals surface area contributed by atoms with Crippen LogP contribution in [-0.4, -0.2) is 52.3 Å². The molecule has 0 bridgehead atoms. The van der Waals surface area contributed by atoms with Gasteiger partial charge in [0, 0.05) is 18.5 Å². The van der Waals surface area contributed by atoms with E-state index in [0.29, 0.717) is 35.8 Å². The normalized spacial score (nSPS) is 17.7. The van der Waals surface area contributed by atoms with Crippen molar-refractivity contribution in [2.45, 2.75) is 37.8 Å². The number of rotatable bonds is 9. The predicted molar refractivity (Wildman–Crippen MR) is 135 cm³/mol. The highest BCUT2D eigenvalue weighted by molar-refractivity contribution is 14.0. The van der Waals surface area contributed by atoms with Crippen molar-refractivity contribution in [1.82, 2.24) is 4.90 Å². The van der Waals surface area contributed by atoms with E-state index in [0.717, 1.165) is 18.4 Å². The summed E-state index contributed by atoms with van der Waals surface area (Å²) >= 11 is 0. The Morgan fingerprint density at radius 2 is 1.56 bits per heavy atom. The van der Waals surface area contributed by atoms with E-state index in [-0.39, 0.29) is 42.0 Å². The van der Waals surface area contributed by atoms with Gasteiger partial charge in [0.2, 0.25) is 5.91 Å². The maximum Gasteiger partial charge on any atom is 0.217 e. The molecule has 7 nitrogen and oxygen atoms in total. The molecular formula is C24H33IN2O5. The predicted octanol–water partition coefficient (Wildman–Crippen LogP) is 3.74. The number of primary amides is 1. The molecule has 0 aliphatic carbocycles. The smallest absolute Gasteiger partial charge is 0.217 e. The number of fused-ring (bicyclic) bond motifs is 1. The Balaban J connectivity index is 0.00000363. The van der Waals surface area contributed by atoms with Gasteiger partial charge in [0.1, 0.15) is 0 Å². The summed E-state index contributed by atoms with van der Waals surface area (Å²) in [5, 5.41) is 0. The van der Waals surface area contributed by atoms with Gasteiger partial charge < -0.3 is 24.7 Å². The van der Waals surface area contributed by atoms with Crippen LogP contribution < -0.4 is 24.7 Å². The molecule has 1 aliphatic rings. The SMILES string of the molecule is COc1ccc(C[C@@H]2c3cc(OC)c(OC)cc3CC(CCC(N)=O)N2C)cc1OC.I. The van der Waals surface area contributed by atoms with Gasteiger partial charge in [-0.15, -0.1) is 24.0 Å². The molecule has 1 aliphatic heterocycles. The van der Waals surface area contributed by atoms with Gasteiger partial charge in [0.15, 0.2) is 23.0 Å². The molecule has 1 heterocycles. The van der Waals surface area contributed by atoms with Crippen LogP contribution in [0.25, 0.3) is 0 Å². The molecule has 0 radical (unpaired) electrons. The third-order valence-electron chi connectivity index (χ3n) is 6.13. The van der Waals surface area contributed by atoms with Crippen LogP contribution in [-0.2, 0) is 17.6 Å². The van der Waals surface area contributed by atoms with Gasteiger partial charge in [0.25, 0.3) is 0 Å². The molecule has 0 aromatic heterocycles. The van der Waals surface area contributed by atoms with Crippen molar-refractivity contribution in [1.29, 1.82) is 0 Å². The summed E-state index contributed by atoms with van der Waals surface area (Å²) in [7, 11) is 8.67. The number of likely N-dealkylation sites (N-methyl/N-ethyl adjacent to an activating group) is 1.